The minimum absolute atomic E-state index is 0. The zero-order valence-corrected chi connectivity index (χ0v) is 49.2. The van der Waals surface area contributed by atoms with Gasteiger partial charge in [-0.3, -0.25) is 19.3 Å². The topological polar surface area (TPSA) is 253 Å². The third-order valence-corrected chi connectivity index (χ3v) is 17.0. The molecule has 4 fully saturated rings. The van der Waals surface area contributed by atoms with E-state index in [0.29, 0.717) is 57.5 Å². The van der Waals surface area contributed by atoms with Crippen molar-refractivity contribution >= 4 is 68.8 Å². The maximum Gasteiger partial charge on any atom is 0.237 e. The number of para-hydroxylation sites is 3. The second-order valence-corrected chi connectivity index (χ2v) is 21.3. The highest BCUT2D eigenvalue weighted by molar-refractivity contribution is 5.87. The second-order valence-electron chi connectivity index (χ2n) is 21.3. The Bertz CT molecular complexity index is 2630. The molecule has 0 aliphatic carbocycles. The predicted molar refractivity (Wildman–Crippen MR) is 334 cm³/mol. The van der Waals surface area contributed by atoms with E-state index in [1.165, 1.54) is 36.3 Å². The van der Waals surface area contributed by atoms with Crippen molar-refractivity contribution in [3.63, 3.8) is 0 Å². The molecule has 0 aromatic heterocycles. The lowest BCUT2D eigenvalue weighted by atomic mass is 9.82. The van der Waals surface area contributed by atoms with Gasteiger partial charge in [-0.2, -0.15) is 0 Å². The molecule has 0 radical (unpaired) electrons. The number of nitrogens with zero attached hydrogens (tertiary/aromatic N) is 5. The van der Waals surface area contributed by atoms with Gasteiger partial charge in [0.15, 0.2) is 0 Å². The van der Waals surface area contributed by atoms with E-state index >= 15 is 0 Å². The zero-order valence-electron chi connectivity index (χ0n) is 49.2. The number of hydrogen-bond acceptors (Lipinski definition) is 17. The zero-order chi connectivity index (χ0) is 58.8. The molecule has 0 saturated carbocycles. The lowest BCUT2D eigenvalue weighted by molar-refractivity contribution is -0.129. The predicted octanol–water partition coefficient (Wildman–Crippen LogP) is 6.56. The molecule has 21 heteroatoms. The van der Waals surface area contributed by atoms with E-state index in [-0.39, 0.29) is 42.1 Å². The SMILES string of the molecule is C.CNc1cc(N)c(F)cc1N1CCC(NC)(C(N)=O)CC1.CNc1cc(OC)ccc1N1CCCC(CCN)C1.CNc1cccc(F)c1N1CCC(NC)(C(N)=O)CC1.CNc1ccccc1N1CCC(C(C)=O)(N(C)C)CC1. The van der Waals surface area contributed by atoms with E-state index in [9.17, 15) is 23.2 Å². The van der Waals surface area contributed by atoms with Gasteiger partial charge in [-0.15, -0.1) is 0 Å². The largest absolute Gasteiger partial charge is 0.497 e. The average molecular weight is 1130 g/mol. The van der Waals surface area contributed by atoms with E-state index in [2.05, 4.69) is 76.9 Å². The average Bonchev–Trinajstić information content (AvgIpc) is 3.54. The van der Waals surface area contributed by atoms with Crippen LogP contribution in [-0.2, 0) is 14.4 Å². The van der Waals surface area contributed by atoms with Crippen molar-refractivity contribution in [2.24, 2.45) is 23.1 Å². The van der Waals surface area contributed by atoms with Gasteiger partial charge < -0.3 is 79.2 Å². The molecule has 4 heterocycles. The molecule has 1 unspecified atom stereocenters. The van der Waals surface area contributed by atoms with Gasteiger partial charge in [0.25, 0.3) is 0 Å². The van der Waals surface area contributed by atoms with Crippen LogP contribution in [0.3, 0.4) is 0 Å². The van der Waals surface area contributed by atoms with Crippen LogP contribution in [0.2, 0.25) is 0 Å². The van der Waals surface area contributed by atoms with Gasteiger partial charge in [0, 0.05) is 92.7 Å². The Morgan fingerprint density at radius 1 is 0.630 bits per heavy atom. The normalized spacial score (nSPS) is 18.0. The summed E-state index contributed by atoms with van der Waals surface area (Å²) in [4.78, 5) is 46.2. The summed E-state index contributed by atoms with van der Waals surface area (Å²) in [7, 11) is 16.6. The smallest absolute Gasteiger partial charge is 0.237 e. The number of rotatable bonds is 17. The van der Waals surface area contributed by atoms with E-state index in [4.69, 9.17) is 27.7 Å². The summed E-state index contributed by atoms with van der Waals surface area (Å²) in [5.74, 6) is 0.513. The number of anilines is 9. The number of nitrogen functional groups attached to an aromatic ring is 1. The van der Waals surface area contributed by atoms with E-state index in [0.717, 1.165) is 92.1 Å². The quantitative estimate of drug-likeness (QED) is 0.0503. The number of nitrogens with two attached hydrogens (primary N) is 4. The number of ketones is 1. The Kier molecular flexibility index (Phi) is 25.4. The maximum absolute atomic E-state index is 14.1. The third-order valence-electron chi connectivity index (χ3n) is 17.0. The van der Waals surface area contributed by atoms with Crippen molar-refractivity contribution in [2.45, 2.75) is 88.8 Å². The molecule has 8 rings (SSSR count). The summed E-state index contributed by atoms with van der Waals surface area (Å²) in [6, 6.07) is 22.5. The fraction of sp³-hybridized carbons (Fsp3) is 0.550. The molecule has 4 aromatic rings. The standard InChI is InChI=1S/C16H25N3O.C15H25N3O.C14H22FN5O.C14H21FN4O.CH4/c1-13(20)16(18(3)4)9-11-19(12-10-16)15-8-6-5-7-14(15)17-2;1-17-14-10-13(19-2)5-6-15(14)18-9-3-4-12(11-18)7-8-16;1-18-11-8-10(16)9(15)7-12(11)20-5-3-14(19-2,4-6-20)13(17)21;1-17-11-5-3-4-10(15)12(11)19-8-6-14(18-2,7-9-19)13(16)20;/h5-8,17H,9-12H2,1-4H3;5-6,10,12,17H,3-4,7-9,11,16H2,1-2H3;7-8,18-19H,3-6,16H2,1-2H3,(H2,17,21);3-5,17-18H,6-9H2,1-2H3,(H2,16,20);1H4. The number of carbonyl (C=O) groups excluding carboxylic acids is 3. The van der Waals surface area contributed by atoms with Crippen LogP contribution in [0.5, 0.6) is 5.75 Å². The first kappa shape index (κ1) is 66.7. The van der Waals surface area contributed by atoms with Crippen molar-refractivity contribution in [2.75, 3.05) is 169 Å². The van der Waals surface area contributed by atoms with Crippen LogP contribution in [0.1, 0.15) is 72.1 Å². The first-order chi connectivity index (χ1) is 38.3. The van der Waals surface area contributed by atoms with E-state index in [1.807, 2.05) is 56.2 Å². The summed E-state index contributed by atoms with van der Waals surface area (Å²) >= 11 is 0. The fourth-order valence-corrected chi connectivity index (χ4v) is 11.6. The number of Topliss-reactive ketones (excluding diaryl/α,β-unsaturated/α-hetero) is 1. The van der Waals surface area contributed by atoms with Crippen molar-refractivity contribution in [1.82, 2.24) is 15.5 Å². The first-order valence-corrected chi connectivity index (χ1v) is 28.0. The molecular weight excluding hydrogens is 1030 g/mol. The molecule has 0 bridgehead atoms. The Hall–Kier alpha value is -6.81. The van der Waals surface area contributed by atoms with Crippen LogP contribution in [0.4, 0.5) is 60.0 Å². The Morgan fingerprint density at radius 2 is 1.14 bits per heavy atom. The molecule has 81 heavy (non-hydrogen) atoms. The molecule has 1 atom stereocenters. The number of hydrogen-bond donors (Lipinski definition) is 10. The van der Waals surface area contributed by atoms with Crippen LogP contribution in [0.25, 0.3) is 0 Å². The van der Waals surface area contributed by atoms with Gasteiger partial charge in [0.05, 0.1) is 63.8 Å². The Balaban J connectivity index is 0.000000231. The minimum atomic E-state index is -0.679. The van der Waals surface area contributed by atoms with Crippen molar-refractivity contribution < 1.29 is 27.9 Å². The summed E-state index contributed by atoms with van der Waals surface area (Å²) in [6.45, 7) is 8.97. The highest BCUT2D eigenvalue weighted by atomic mass is 19.1. The van der Waals surface area contributed by atoms with Gasteiger partial charge in [-0.25, -0.2) is 8.78 Å². The Morgan fingerprint density at radius 3 is 1.64 bits per heavy atom. The van der Waals surface area contributed by atoms with Crippen LogP contribution in [-0.4, -0.2) is 162 Å². The minimum Gasteiger partial charge on any atom is -0.497 e. The number of piperidine rings is 4. The number of amides is 2. The molecule has 19 nitrogen and oxygen atoms in total. The highest BCUT2D eigenvalue weighted by Crippen LogP contribution is 2.38. The van der Waals surface area contributed by atoms with Crippen LogP contribution in [0, 0.1) is 17.6 Å². The summed E-state index contributed by atoms with van der Waals surface area (Å²) in [6.07, 6.45) is 7.73. The Labute approximate surface area is 481 Å². The third kappa shape index (κ3) is 16.0. The molecule has 450 valence electrons. The van der Waals surface area contributed by atoms with Crippen molar-refractivity contribution in [3.05, 3.63) is 84.4 Å². The molecule has 4 saturated heterocycles. The van der Waals surface area contributed by atoms with Gasteiger partial charge in [-0.1, -0.05) is 25.6 Å². The molecule has 4 aliphatic heterocycles. The van der Waals surface area contributed by atoms with Crippen molar-refractivity contribution in [3.8, 4) is 5.75 Å². The molecular formula is C60H97F2N15O4. The molecule has 14 N–H and O–H groups in total. The molecule has 4 aromatic carbocycles. The van der Waals surface area contributed by atoms with Crippen LogP contribution >= 0.6 is 0 Å². The second kappa shape index (κ2) is 30.9. The number of carbonyl (C=O) groups is 3. The maximum atomic E-state index is 14.1. The van der Waals surface area contributed by atoms with Gasteiger partial charge in [-0.05, 0) is 148 Å². The summed E-state index contributed by atoms with van der Waals surface area (Å²) in [5.41, 5.74) is 28.3. The van der Waals surface area contributed by atoms with Gasteiger partial charge in [0.1, 0.15) is 34.2 Å². The first-order valence-electron chi connectivity index (χ1n) is 28.0. The van der Waals surface area contributed by atoms with Gasteiger partial charge in [0.2, 0.25) is 11.8 Å². The summed E-state index contributed by atoms with van der Waals surface area (Å²) in [5, 5.41) is 18.6. The number of halogens is 2. The number of likely N-dealkylation sites (N-methyl/N-ethyl adjacent to an activating group) is 3. The van der Waals surface area contributed by atoms with Crippen LogP contribution in [0.15, 0.2) is 72.8 Å². The lowest BCUT2D eigenvalue weighted by Gasteiger charge is -2.45. The number of primary amides is 2. The highest BCUT2D eigenvalue weighted by Gasteiger charge is 2.42. The number of nitrogens with one attached hydrogen (secondary N) is 6. The number of methoxy groups -OCH3 is 1. The summed E-state index contributed by atoms with van der Waals surface area (Å²) < 4.78 is 33.1. The monoisotopic (exact) mass is 1130 g/mol. The molecule has 2 amide bonds. The van der Waals surface area contributed by atoms with Crippen LogP contribution < -0.4 is 79.2 Å². The fourth-order valence-electron chi connectivity index (χ4n) is 11.6. The van der Waals surface area contributed by atoms with E-state index in [1.54, 1.807) is 54.4 Å². The number of ether oxygens (including phenoxy) is 1. The van der Waals surface area contributed by atoms with Crippen molar-refractivity contribution in [1.29, 1.82) is 0 Å². The lowest BCUT2D eigenvalue weighted by Crippen LogP contribution is -2.59. The molecule has 4 aliphatic rings. The molecule has 0 spiro atoms. The number of benzene rings is 4. The van der Waals surface area contributed by atoms with Gasteiger partial charge >= 0.3 is 0 Å². The van der Waals surface area contributed by atoms with E-state index < -0.39 is 16.9 Å².